The molecule has 3 nitrogen and oxygen atoms in total. The number of anilines is 1. The summed E-state index contributed by atoms with van der Waals surface area (Å²) in [7, 11) is 0. The van der Waals surface area contributed by atoms with Gasteiger partial charge in [0.2, 0.25) is 5.91 Å². The maximum Gasteiger partial charge on any atom is 0.221 e. The van der Waals surface area contributed by atoms with Crippen LogP contribution >= 0.6 is 0 Å². The molecular formula is C13H17NO2. The molecule has 1 aromatic rings. The Balaban J connectivity index is 2.73. The largest absolute Gasteiger partial charge is 0.326 e. The van der Waals surface area contributed by atoms with Crippen molar-refractivity contribution in [3.05, 3.63) is 29.8 Å². The fourth-order valence-corrected chi connectivity index (χ4v) is 1.46. The number of hydrogen-bond donors (Lipinski definition) is 1. The Morgan fingerprint density at radius 1 is 1.31 bits per heavy atom. The average molecular weight is 219 g/mol. The van der Waals surface area contributed by atoms with E-state index in [1.54, 1.807) is 24.3 Å². The van der Waals surface area contributed by atoms with Gasteiger partial charge in [-0.3, -0.25) is 9.59 Å². The van der Waals surface area contributed by atoms with Gasteiger partial charge in [0, 0.05) is 24.6 Å². The number of rotatable bonds is 5. The summed E-state index contributed by atoms with van der Waals surface area (Å²) in [5, 5.41) is 2.66. The van der Waals surface area contributed by atoms with Crippen LogP contribution < -0.4 is 5.32 Å². The lowest BCUT2D eigenvalue weighted by Gasteiger charge is -2.04. The van der Waals surface area contributed by atoms with Gasteiger partial charge in [-0.1, -0.05) is 25.5 Å². The van der Waals surface area contributed by atoms with E-state index >= 15 is 0 Å². The van der Waals surface area contributed by atoms with Crippen molar-refractivity contribution in [2.75, 3.05) is 5.32 Å². The number of nitrogens with one attached hydrogen (secondary N) is 1. The van der Waals surface area contributed by atoms with Crippen LogP contribution in [-0.4, -0.2) is 11.7 Å². The molecule has 0 radical (unpaired) electrons. The first-order valence-corrected chi connectivity index (χ1v) is 5.54. The van der Waals surface area contributed by atoms with E-state index < -0.39 is 0 Å². The molecule has 0 spiro atoms. The zero-order valence-electron chi connectivity index (χ0n) is 9.75. The monoisotopic (exact) mass is 219 g/mol. The Bertz CT molecular complexity index is 385. The molecule has 3 heteroatoms. The van der Waals surface area contributed by atoms with Gasteiger partial charge < -0.3 is 5.32 Å². The van der Waals surface area contributed by atoms with Crippen LogP contribution in [0.15, 0.2) is 24.3 Å². The summed E-state index contributed by atoms with van der Waals surface area (Å²) in [5.74, 6) is 0.00668. The minimum atomic E-state index is -0.127. The normalized spacial score (nSPS) is 9.88. The van der Waals surface area contributed by atoms with Crippen LogP contribution in [0.4, 0.5) is 5.69 Å². The number of carbonyl (C=O) groups is 2. The fraction of sp³-hybridized carbons (Fsp3) is 0.385. The van der Waals surface area contributed by atoms with E-state index in [1.807, 2.05) is 0 Å². The number of Topliss-reactive ketones (excluding diaryl/α,β-unsaturated/α-hetero) is 1. The van der Waals surface area contributed by atoms with E-state index in [0.29, 0.717) is 17.7 Å². The third-order valence-electron chi connectivity index (χ3n) is 2.26. The number of ketones is 1. The summed E-state index contributed by atoms with van der Waals surface area (Å²) >= 11 is 0. The predicted octanol–water partition coefficient (Wildman–Crippen LogP) is 3.02. The molecule has 1 N–H and O–H groups in total. The molecule has 0 aliphatic carbocycles. The number of carbonyl (C=O) groups excluding carboxylic acids is 2. The van der Waals surface area contributed by atoms with E-state index in [9.17, 15) is 9.59 Å². The standard InChI is InChI=1S/C13H17NO2/c1-3-4-8-13(16)11-6-5-7-12(9-11)14-10(2)15/h5-7,9H,3-4,8H2,1-2H3,(H,14,15). The Morgan fingerprint density at radius 3 is 2.69 bits per heavy atom. The van der Waals surface area contributed by atoms with Crippen molar-refractivity contribution in [2.24, 2.45) is 0 Å². The first kappa shape index (κ1) is 12.4. The Labute approximate surface area is 95.9 Å². The predicted molar refractivity (Wildman–Crippen MR) is 64.6 cm³/mol. The summed E-state index contributed by atoms with van der Waals surface area (Å²) in [6, 6.07) is 7.06. The molecule has 1 rings (SSSR count). The van der Waals surface area contributed by atoms with Gasteiger partial charge in [0.25, 0.3) is 0 Å². The van der Waals surface area contributed by atoms with Crippen molar-refractivity contribution in [2.45, 2.75) is 33.1 Å². The highest BCUT2D eigenvalue weighted by atomic mass is 16.1. The van der Waals surface area contributed by atoms with Crippen molar-refractivity contribution in [1.82, 2.24) is 0 Å². The SMILES string of the molecule is CCCCC(=O)c1cccc(NC(C)=O)c1. The molecule has 0 atom stereocenters. The Kier molecular flexibility index (Phi) is 4.70. The van der Waals surface area contributed by atoms with E-state index in [-0.39, 0.29) is 11.7 Å². The quantitative estimate of drug-likeness (QED) is 0.774. The van der Waals surface area contributed by atoms with Gasteiger partial charge in [0.15, 0.2) is 5.78 Å². The van der Waals surface area contributed by atoms with Crippen LogP contribution in [0.25, 0.3) is 0 Å². The molecule has 16 heavy (non-hydrogen) atoms. The highest BCUT2D eigenvalue weighted by Crippen LogP contribution is 2.13. The lowest BCUT2D eigenvalue weighted by Crippen LogP contribution is -2.07. The highest BCUT2D eigenvalue weighted by molar-refractivity contribution is 5.98. The van der Waals surface area contributed by atoms with Crippen LogP contribution in [0, 0.1) is 0 Å². The van der Waals surface area contributed by atoms with Crippen LogP contribution in [-0.2, 0) is 4.79 Å². The lowest BCUT2D eigenvalue weighted by atomic mass is 10.1. The summed E-state index contributed by atoms with van der Waals surface area (Å²) in [4.78, 5) is 22.6. The average Bonchev–Trinajstić information content (AvgIpc) is 2.25. The molecule has 0 aliphatic heterocycles. The second kappa shape index (κ2) is 6.05. The molecule has 0 unspecified atom stereocenters. The van der Waals surface area contributed by atoms with Gasteiger partial charge in [0.05, 0.1) is 0 Å². The number of unbranched alkanes of at least 4 members (excludes halogenated alkanes) is 1. The number of benzene rings is 1. The smallest absolute Gasteiger partial charge is 0.221 e. The maximum atomic E-state index is 11.7. The Hall–Kier alpha value is -1.64. The van der Waals surface area contributed by atoms with Crippen LogP contribution in [0.3, 0.4) is 0 Å². The summed E-state index contributed by atoms with van der Waals surface area (Å²) in [6.07, 6.45) is 2.49. The van der Waals surface area contributed by atoms with Crippen LogP contribution in [0.1, 0.15) is 43.5 Å². The summed E-state index contributed by atoms with van der Waals surface area (Å²) in [5.41, 5.74) is 1.34. The highest BCUT2D eigenvalue weighted by Gasteiger charge is 2.06. The minimum absolute atomic E-state index is 0.127. The van der Waals surface area contributed by atoms with E-state index in [4.69, 9.17) is 0 Å². The van der Waals surface area contributed by atoms with Gasteiger partial charge in [-0.25, -0.2) is 0 Å². The van der Waals surface area contributed by atoms with Crippen molar-refractivity contribution in [1.29, 1.82) is 0 Å². The molecule has 0 heterocycles. The van der Waals surface area contributed by atoms with Crippen LogP contribution in [0.5, 0.6) is 0 Å². The van der Waals surface area contributed by atoms with E-state index in [2.05, 4.69) is 12.2 Å². The molecule has 0 aromatic heterocycles. The van der Waals surface area contributed by atoms with E-state index in [0.717, 1.165) is 12.8 Å². The first-order valence-electron chi connectivity index (χ1n) is 5.54. The molecule has 86 valence electrons. The van der Waals surface area contributed by atoms with Crippen molar-refractivity contribution < 1.29 is 9.59 Å². The lowest BCUT2D eigenvalue weighted by molar-refractivity contribution is -0.114. The zero-order chi connectivity index (χ0) is 12.0. The fourth-order valence-electron chi connectivity index (χ4n) is 1.46. The van der Waals surface area contributed by atoms with Crippen molar-refractivity contribution in [3.8, 4) is 0 Å². The molecule has 1 amide bonds. The zero-order valence-corrected chi connectivity index (χ0v) is 9.75. The van der Waals surface area contributed by atoms with E-state index in [1.165, 1.54) is 6.92 Å². The molecule has 0 bridgehead atoms. The number of hydrogen-bond acceptors (Lipinski definition) is 2. The summed E-state index contributed by atoms with van der Waals surface area (Å²) in [6.45, 7) is 3.51. The minimum Gasteiger partial charge on any atom is -0.326 e. The first-order chi connectivity index (χ1) is 7.63. The molecular weight excluding hydrogens is 202 g/mol. The molecule has 0 saturated heterocycles. The second-order valence-corrected chi connectivity index (χ2v) is 3.79. The van der Waals surface area contributed by atoms with Gasteiger partial charge in [0.1, 0.15) is 0 Å². The molecule has 0 aliphatic rings. The molecule has 1 aromatic carbocycles. The van der Waals surface area contributed by atoms with Gasteiger partial charge in [-0.05, 0) is 18.6 Å². The number of amides is 1. The molecule has 0 saturated carbocycles. The van der Waals surface area contributed by atoms with Gasteiger partial charge in [-0.2, -0.15) is 0 Å². The topological polar surface area (TPSA) is 46.2 Å². The second-order valence-electron chi connectivity index (χ2n) is 3.79. The third kappa shape index (κ3) is 3.85. The Morgan fingerprint density at radius 2 is 2.06 bits per heavy atom. The maximum absolute atomic E-state index is 11.7. The summed E-state index contributed by atoms with van der Waals surface area (Å²) < 4.78 is 0. The van der Waals surface area contributed by atoms with Crippen molar-refractivity contribution in [3.63, 3.8) is 0 Å². The molecule has 0 fully saturated rings. The van der Waals surface area contributed by atoms with Crippen LogP contribution in [0.2, 0.25) is 0 Å². The van der Waals surface area contributed by atoms with Gasteiger partial charge in [-0.15, -0.1) is 0 Å². The van der Waals surface area contributed by atoms with Crippen molar-refractivity contribution >= 4 is 17.4 Å². The third-order valence-corrected chi connectivity index (χ3v) is 2.26. The van der Waals surface area contributed by atoms with Gasteiger partial charge >= 0.3 is 0 Å².